The van der Waals surface area contributed by atoms with E-state index in [1.165, 1.54) is 11.1 Å². The van der Waals surface area contributed by atoms with Crippen LogP contribution >= 0.6 is 27.3 Å². The third-order valence-electron chi connectivity index (χ3n) is 3.07. The van der Waals surface area contributed by atoms with Gasteiger partial charge in [-0.2, -0.15) is 0 Å². The molecule has 1 aromatic heterocycles. The second-order valence-electron chi connectivity index (χ2n) is 4.31. The standard InChI is InChI=1S/C14H15BrOS/c1-8-4-5-11(6-9(8)2)14(16)12-7-13(15)17-10(12)3/h4-7,14,16H,1-3H3. The summed E-state index contributed by atoms with van der Waals surface area (Å²) in [4.78, 5) is 1.16. The second kappa shape index (κ2) is 4.92. The van der Waals surface area contributed by atoms with Crippen molar-refractivity contribution in [2.75, 3.05) is 0 Å². The largest absolute Gasteiger partial charge is 0.384 e. The van der Waals surface area contributed by atoms with Gasteiger partial charge < -0.3 is 5.11 Å². The summed E-state index contributed by atoms with van der Waals surface area (Å²) in [6, 6.07) is 8.12. The molecule has 0 radical (unpaired) electrons. The number of halogens is 1. The molecule has 0 fully saturated rings. The van der Waals surface area contributed by atoms with Crippen LogP contribution < -0.4 is 0 Å². The van der Waals surface area contributed by atoms with Gasteiger partial charge in [-0.15, -0.1) is 11.3 Å². The van der Waals surface area contributed by atoms with Crippen molar-refractivity contribution in [1.29, 1.82) is 0 Å². The SMILES string of the molecule is Cc1ccc(C(O)c2cc(Br)sc2C)cc1C. The molecule has 1 heterocycles. The summed E-state index contributed by atoms with van der Waals surface area (Å²) in [6.45, 7) is 6.19. The van der Waals surface area contributed by atoms with Crippen molar-refractivity contribution in [1.82, 2.24) is 0 Å². The molecule has 0 spiro atoms. The number of rotatable bonds is 2. The van der Waals surface area contributed by atoms with Gasteiger partial charge in [0, 0.05) is 4.88 Å². The van der Waals surface area contributed by atoms with E-state index in [-0.39, 0.29) is 0 Å². The molecule has 17 heavy (non-hydrogen) atoms. The van der Waals surface area contributed by atoms with E-state index in [0.717, 1.165) is 19.8 Å². The van der Waals surface area contributed by atoms with E-state index in [1.54, 1.807) is 11.3 Å². The number of benzene rings is 1. The number of aliphatic hydroxyl groups is 1. The molecule has 0 saturated carbocycles. The molecule has 0 aliphatic heterocycles. The average molecular weight is 311 g/mol. The fraction of sp³-hybridized carbons (Fsp3) is 0.286. The number of thiophene rings is 1. The normalized spacial score (nSPS) is 12.8. The zero-order valence-corrected chi connectivity index (χ0v) is 12.5. The summed E-state index contributed by atoms with van der Waals surface area (Å²) < 4.78 is 1.06. The lowest BCUT2D eigenvalue weighted by molar-refractivity contribution is 0.220. The van der Waals surface area contributed by atoms with Crippen molar-refractivity contribution in [2.24, 2.45) is 0 Å². The van der Waals surface area contributed by atoms with Gasteiger partial charge in [0.1, 0.15) is 6.10 Å². The van der Waals surface area contributed by atoms with E-state index in [2.05, 4.69) is 41.9 Å². The van der Waals surface area contributed by atoms with Gasteiger partial charge in [0.15, 0.2) is 0 Å². The van der Waals surface area contributed by atoms with Gasteiger partial charge in [-0.05, 0) is 65.0 Å². The minimum absolute atomic E-state index is 0.531. The predicted molar refractivity (Wildman–Crippen MR) is 76.7 cm³/mol. The Morgan fingerprint density at radius 3 is 2.35 bits per heavy atom. The van der Waals surface area contributed by atoms with E-state index in [0.29, 0.717) is 0 Å². The summed E-state index contributed by atoms with van der Waals surface area (Å²) in [7, 11) is 0. The first-order valence-electron chi connectivity index (χ1n) is 5.50. The van der Waals surface area contributed by atoms with E-state index < -0.39 is 6.10 Å². The highest BCUT2D eigenvalue weighted by Gasteiger charge is 2.15. The van der Waals surface area contributed by atoms with Gasteiger partial charge >= 0.3 is 0 Å². The average Bonchev–Trinajstić information content (AvgIpc) is 2.61. The van der Waals surface area contributed by atoms with Crippen LogP contribution in [0.2, 0.25) is 0 Å². The Hall–Kier alpha value is -0.640. The Labute approximate surface area is 114 Å². The Morgan fingerprint density at radius 1 is 1.12 bits per heavy atom. The van der Waals surface area contributed by atoms with Crippen LogP contribution in [0.15, 0.2) is 28.1 Å². The van der Waals surface area contributed by atoms with Crippen LogP contribution in [0.25, 0.3) is 0 Å². The molecule has 2 aromatic rings. The van der Waals surface area contributed by atoms with Crippen LogP contribution in [0, 0.1) is 20.8 Å². The summed E-state index contributed by atoms with van der Waals surface area (Å²) in [6.07, 6.45) is -0.531. The van der Waals surface area contributed by atoms with Crippen molar-refractivity contribution in [3.63, 3.8) is 0 Å². The smallest absolute Gasteiger partial charge is 0.105 e. The molecule has 1 unspecified atom stereocenters. The first-order valence-corrected chi connectivity index (χ1v) is 7.11. The molecular formula is C14H15BrOS. The number of aliphatic hydroxyl groups excluding tert-OH is 1. The fourth-order valence-electron chi connectivity index (χ4n) is 1.84. The van der Waals surface area contributed by atoms with E-state index in [4.69, 9.17) is 0 Å². The number of aryl methyl sites for hydroxylation is 3. The highest BCUT2D eigenvalue weighted by atomic mass is 79.9. The van der Waals surface area contributed by atoms with Crippen molar-refractivity contribution in [3.05, 3.63) is 55.2 Å². The van der Waals surface area contributed by atoms with Gasteiger partial charge in [0.2, 0.25) is 0 Å². The van der Waals surface area contributed by atoms with E-state index in [1.807, 2.05) is 19.1 Å². The highest BCUT2D eigenvalue weighted by Crippen LogP contribution is 2.33. The topological polar surface area (TPSA) is 20.2 Å². The van der Waals surface area contributed by atoms with E-state index >= 15 is 0 Å². The van der Waals surface area contributed by atoms with Crippen molar-refractivity contribution in [2.45, 2.75) is 26.9 Å². The van der Waals surface area contributed by atoms with E-state index in [9.17, 15) is 5.11 Å². The van der Waals surface area contributed by atoms with Crippen LogP contribution in [0.4, 0.5) is 0 Å². The maximum Gasteiger partial charge on any atom is 0.105 e. The predicted octanol–water partition coefficient (Wildman–Crippen LogP) is 4.52. The summed E-state index contributed by atoms with van der Waals surface area (Å²) in [5.41, 5.74) is 4.42. The minimum atomic E-state index is -0.531. The van der Waals surface area contributed by atoms with Gasteiger partial charge in [-0.25, -0.2) is 0 Å². The number of hydrogen-bond acceptors (Lipinski definition) is 2. The molecule has 0 saturated heterocycles. The molecule has 0 aliphatic rings. The van der Waals surface area contributed by atoms with Crippen LogP contribution in [0.3, 0.4) is 0 Å². The Bertz CT molecular complexity index is 545. The van der Waals surface area contributed by atoms with Crippen molar-refractivity contribution in [3.8, 4) is 0 Å². The molecule has 2 rings (SSSR count). The van der Waals surface area contributed by atoms with Crippen LogP contribution in [0.1, 0.15) is 33.2 Å². The van der Waals surface area contributed by atoms with Gasteiger partial charge in [0.25, 0.3) is 0 Å². The minimum Gasteiger partial charge on any atom is -0.384 e. The lowest BCUT2D eigenvalue weighted by Crippen LogP contribution is -2.00. The molecular weight excluding hydrogens is 296 g/mol. The number of hydrogen-bond donors (Lipinski definition) is 1. The third-order valence-corrected chi connectivity index (χ3v) is 4.64. The maximum atomic E-state index is 10.4. The lowest BCUT2D eigenvalue weighted by Gasteiger charge is -2.12. The van der Waals surface area contributed by atoms with Gasteiger partial charge in [-0.1, -0.05) is 18.2 Å². The Kier molecular flexibility index (Phi) is 3.71. The molecule has 90 valence electrons. The molecule has 0 aliphatic carbocycles. The summed E-state index contributed by atoms with van der Waals surface area (Å²) in [5, 5.41) is 10.4. The molecule has 3 heteroatoms. The first kappa shape index (κ1) is 12.8. The molecule has 1 atom stereocenters. The quantitative estimate of drug-likeness (QED) is 0.864. The summed E-state index contributed by atoms with van der Waals surface area (Å²) >= 11 is 5.11. The molecule has 1 N–H and O–H groups in total. The molecule has 1 aromatic carbocycles. The zero-order chi connectivity index (χ0) is 12.6. The first-order chi connectivity index (χ1) is 7.99. The lowest BCUT2D eigenvalue weighted by atomic mass is 9.98. The Morgan fingerprint density at radius 2 is 1.82 bits per heavy atom. The van der Waals surface area contributed by atoms with Gasteiger partial charge in [0.05, 0.1) is 3.79 Å². The van der Waals surface area contributed by atoms with Gasteiger partial charge in [-0.3, -0.25) is 0 Å². The van der Waals surface area contributed by atoms with Crippen LogP contribution in [0.5, 0.6) is 0 Å². The second-order valence-corrected chi connectivity index (χ2v) is 6.94. The molecule has 0 amide bonds. The summed E-state index contributed by atoms with van der Waals surface area (Å²) in [5.74, 6) is 0. The van der Waals surface area contributed by atoms with Crippen LogP contribution in [-0.4, -0.2) is 5.11 Å². The third kappa shape index (κ3) is 2.62. The zero-order valence-electron chi connectivity index (χ0n) is 10.1. The Balaban J connectivity index is 2.40. The fourth-order valence-corrected chi connectivity index (χ4v) is 3.59. The highest BCUT2D eigenvalue weighted by molar-refractivity contribution is 9.11. The maximum absolute atomic E-state index is 10.4. The van der Waals surface area contributed by atoms with Crippen molar-refractivity contribution >= 4 is 27.3 Å². The van der Waals surface area contributed by atoms with Crippen LogP contribution in [-0.2, 0) is 0 Å². The molecule has 0 bridgehead atoms. The molecule has 1 nitrogen and oxygen atoms in total. The monoisotopic (exact) mass is 310 g/mol. The van der Waals surface area contributed by atoms with Crippen molar-refractivity contribution < 1.29 is 5.11 Å².